The first-order valence-corrected chi connectivity index (χ1v) is 8.99. The summed E-state index contributed by atoms with van der Waals surface area (Å²) in [6.45, 7) is 2.41. The van der Waals surface area contributed by atoms with Crippen molar-refractivity contribution in [2.45, 2.75) is 19.8 Å². The Labute approximate surface area is 152 Å². The highest BCUT2D eigenvalue weighted by atomic mass is 79.9. The van der Waals surface area contributed by atoms with Crippen LogP contribution in [0.3, 0.4) is 0 Å². The first-order chi connectivity index (χ1) is 11.0. The minimum atomic E-state index is -0.131. The van der Waals surface area contributed by atoms with Crippen LogP contribution in [0, 0.1) is 6.92 Å². The van der Waals surface area contributed by atoms with Crippen molar-refractivity contribution >= 4 is 51.0 Å². The number of rotatable bonds is 7. The van der Waals surface area contributed by atoms with Gasteiger partial charge in [0.25, 0.3) is 0 Å². The molecule has 1 aromatic heterocycles. The molecule has 7 heteroatoms. The Balaban J connectivity index is 1.65. The van der Waals surface area contributed by atoms with Crippen LogP contribution in [-0.4, -0.2) is 18.7 Å². The molecule has 2 aromatic rings. The lowest BCUT2D eigenvalue weighted by Crippen LogP contribution is -2.18. The zero-order valence-corrected chi connectivity index (χ0v) is 15.7. The molecule has 0 aliphatic carbocycles. The number of nitrogens with one attached hydrogen (secondary N) is 1. The molecule has 1 aromatic carbocycles. The number of ether oxygens (including phenoxy) is 1. The summed E-state index contributed by atoms with van der Waals surface area (Å²) in [7, 11) is 0. The third kappa shape index (κ3) is 6.33. The van der Waals surface area contributed by atoms with Crippen molar-refractivity contribution in [2.24, 2.45) is 5.10 Å². The van der Waals surface area contributed by atoms with Crippen LogP contribution in [0.25, 0.3) is 0 Å². The molecular weight excluding hydrogens is 400 g/mol. The summed E-state index contributed by atoms with van der Waals surface area (Å²) in [5.41, 5.74) is 3.49. The topological polar surface area (TPSA) is 50.7 Å². The predicted octanol–water partition coefficient (Wildman–Crippen LogP) is 4.78. The lowest BCUT2D eigenvalue weighted by atomic mass is 10.2. The van der Waals surface area contributed by atoms with Crippen LogP contribution in [0.15, 0.2) is 39.2 Å². The average Bonchev–Trinajstić information content (AvgIpc) is 2.91. The van der Waals surface area contributed by atoms with Crippen LogP contribution in [-0.2, 0) is 4.79 Å². The number of benzene rings is 1. The molecule has 0 radical (unpaired) electrons. The number of carbonyl (C=O) groups excluding carboxylic acids is 1. The molecule has 0 fully saturated rings. The maximum atomic E-state index is 11.7. The molecule has 0 unspecified atom stereocenters. The second kappa shape index (κ2) is 9.05. The molecule has 4 nitrogen and oxygen atoms in total. The Bertz CT molecular complexity index is 703. The molecule has 0 spiro atoms. The van der Waals surface area contributed by atoms with E-state index >= 15 is 0 Å². The zero-order valence-electron chi connectivity index (χ0n) is 12.5. The van der Waals surface area contributed by atoms with E-state index in [-0.39, 0.29) is 5.91 Å². The van der Waals surface area contributed by atoms with Crippen LogP contribution >= 0.6 is 38.9 Å². The number of hydrazone groups is 1. The predicted molar refractivity (Wildman–Crippen MR) is 98.7 cm³/mol. The normalized spacial score (nSPS) is 10.9. The number of thiophene rings is 1. The molecule has 0 bridgehead atoms. The highest BCUT2D eigenvalue weighted by Crippen LogP contribution is 2.22. The maximum Gasteiger partial charge on any atom is 0.240 e. The molecule has 0 aliphatic rings. The third-order valence-corrected chi connectivity index (χ3v) is 4.71. The molecule has 23 heavy (non-hydrogen) atoms. The molecule has 1 N–H and O–H groups in total. The highest BCUT2D eigenvalue weighted by molar-refractivity contribution is 9.11. The molecule has 0 saturated heterocycles. The Hall–Kier alpha value is -1.37. The lowest BCUT2D eigenvalue weighted by molar-refractivity contribution is -0.121. The van der Waals surface area contributed by atoms with Gasteiger partial charge in [0.2, 0.25) is 5.91 Å². The largest absolute Gasteiger partial charge is 0.493 e. The summed E-state index contributed by atoms with van der Waals surface area (Å²) in [5.74, 6) is 0.657. The van der Waals surface area contributed by atoms with Gasteiger partial charge in [-0.05, 0) is 65.2 Å². The van der Waals surface area contributed by atoms with Gasteiger partial charge in [0.1, 0.15) is 5.75 Å². The molecular formula is C16H16BrClN2O2S. The first kappa shape index (κ1) is 18.0. The van der Waals surface area contributed by atoms with E-state index in [4.69, 9.17) is 16.3 Å². The van der Waals surface area contributed by atoms with Crippen LogP contribution in [0.2, 0.25) is 5.02 Å². The molecule has 0 saturated carbocycles. The standard InChI is InChI=1S/C16H16BrClN2O2S/c1-11-9-12(18)4-6-14(11)22-8-2-3-16(21)20-19-10-13-5-7-15(17)23-13/h4-7,9-10H,2-3,8H2,1H3,(H,20,21). The van der Waals surface area contributed by atoms with Gasteiger partial charge in [-0.25, -0.2) is 5.43 Å². The summed E-state index contributed by atoms with van der Waals surface area (Å²) >= 11 is 10.8. The maximum absolute atomic E-state index is 11.7. The number of aryl methyl sites for hydroxylation is 1. The van der Waals surface area contributed by atoms with Crippen LogP contribution < -0.4 is 10.2 Å². The van der Waals surface area contributed by atoms with Gasteiger partial charge in [-0.1, -0.05) is 11.6 Å². The fourth-order valence-corrected chi connectivity index (χ4v) is 3.33. The van der Waals surface area contributed by atoms with Gasteiger partial charge in [0.05, 0.1) is 16.6 Å². The Morgan fingerprint density at radius 2 is 2.26 bits per heavy atom. The molecule has 0 aliphatic heterocycles. The number of nitrogens with zero attached hydrogens (tertiary/aromatic N) is 1. The Morgan fingerprint density at radius 3 is 2.96 bits per heavy atom. The number of hydrogen-bond donors (Lipinski definition) is 1. The molecule has 0 atom stereocenters. The zero-order chi connectivity index (χ0) is 16.7. The van der Waals surface area contributed by atoms with Gasteiger partial charge < -0.3 is 4.74 Å². The Morgan fingerprint density at radius 1 is 1.43 bits per heavy atom. The van der Waals surface area contributed by atoms with E-state index < -0.39 is 0 Å². The van der Waals surface area contributed by atoms with Gasteiger partial charge >= 0.3 is 0 Å². The van der Waals surface area contributed by atoms with Crippen LogP contribution in [0.1, 0.15) is 23.3 Å². The minimum Gasteiger partial charge on any atom is -0.493 e. The third-order valence-electron chi connectivity index (χ3n) is 2.92. The summed E-state index contributed by atoms with van der Waals surface area (Å²) in [6.07, 6.45) is 2.60. The van der Waals surface area contributed by atoms with Crippen molar-refractivity contribution in [3.05, 3.63) is 49.6 Å². The van der Waals surface area contributed by atoms with E-state index in [9.17, 15) is 4.79 Å². The van der Waals surface area contributed by atoms with Crippen molar-refractivity contribution in [1.82, 2.24) is 5.43 Å². The molecule has 122 valence electrons. The molecule has 1 amide bonds. The van der Waals surface area contributed by atoms with Crippen molar-refractivity contribution in [3.63, 3.8) is 0 Å². The molecule has 2 rings (SSSR count). The van der Waals surface area contributed by atoms with Gasteiger partial charge in [0, 0.05) is 16.3 Å². The smallest absolute Gasteiger partial charge is 0.240 e. The second-order valence-electron chi connectivity index (χ2n) is 4.80. The fraction of sp³-hybridized carbons (Fsp3) is 0.250. The first-order valence-electron chi connectivity index (χ1n) is 7.01. The number of halogens is 2. The summed E-state index contributed by atoms with van der Waals surface area (Å²) in [6, 6.07) is 9.33. The second-order valence-corrected chi connectivity index (χ2v) is 7.73. The van der Waals surface area contributed by atoms with Crippen molar-refractivity contribution in [3.8, 4) is 5.75 Å². The highest BCUT2D eigenvalue weighted by Gasteiger charge is 2.03. The van der Waals surface area contributed by atoms with E-state index in [1.54, 1.807) is 23.6 Å². The SMILES string of the molecule is Cc1cc(Cl)ccc1OCCCC(=O)NN=Cc1ccc(Br)s1. The van der Waals surface area contributed by atoms with Crippen LogP contribution in [0.5, 0.6) is 5.75 Å². The summed E-state index contributed by atoms with van der Waals surface area (Å²) < 4.78 is 6.67. The van der Waals surface area contributed by atoms with E-state index in [0.717, 1.165) is 20.0 Å². The van der Waals surface area contributed by atoms with E-state index in [0.29, 0.717) is 24.5 Å². The van der Waals surface area contributed by atoms with E-state index in [1.807, 2.05) is 31.2 Å². The van der Waals surface area contributed by atoms with Gasteiger partial charge in [-0.2, -0.15) is 5.10 Å². The van der Waals surface area contributed by atoms with Crippen molar-refractivity contribution < 1.29 is 9.53 Å². The molecule has 1 heterocycles. The van der Waals surface area contributed by atoms with Gasteiger partial charge in [-0.3, -0.25) is 4.79 Å². The average molecular weight is 416 g/mol. The van der Waals surface area contributed by atoms with Gasteiger partial charge in [-0.15, -0.1) is 11.3 Å². The summed E-state index contributed by atoms with van der Waals surface area (Å²) in [4.78, 5) is 12.6. The Kier molecular flexibility index (Phi) is 7.08. The van der Waals surface area contributed by atoms with Crippen molar-refractivity contribution in [1.29, 1.82) is 0 Å². The number of hydrogen-bond acceptors (Lipinski definition) is 4. The van der Waals surface area contributed by atoms with Crippen molar-refractivity contribution in [2.75, 3.05) is 6.61 Å². The lowest BCUT2D eigenvalue weighted by Gasteiger charge is -2.08. The van der Waals surface area contributed by atoms with E-state index in [2.05, 4.69) is 26.5 Å². The quantitative estimate of drug-likeness (QED) is 0.402. The summed E-state index contributed by atoms with van der Waals surface area (Å²) in [5, 5.41) is 4.61. The number of carbonyl (C=O) groups is 1. The fourth-order valence-electron chi connectivity index (χ4n) is 1.81. The minimum absolute atomic E-state index is 0.131. The number of amides is 1. The van der Waals surface area contributed by atoms with Crippen LogP contribution in [0.4, 0.5) is 0 Å². The monoisotopic (exact) mass is 414 g/mol. The van der Waals surface area contributed by atoms with Gasteiger partial charge in [0.15, 0.2) is 0 Å². The van der Waals surface area contributed by atoms with E-state index in [1.165, 1.54) is 0 Å².